The topological polar surface area (TPSA) is 87.6 Å². The average molecular weight is 309 g/mol. The summed E-state index contributed by atoms with van der Waals surface area (Å²) in [5.41, 5.74) is 0.556. The first kappa shape index (κ1) is 15.5. The number of carbonyl (C=O) groups excluding carboxylic acids is 1. The van der Waals surface area contributed by atoms with Gasteiger partial charge < -0.3 is 5.32 Å². The van der Waals surface area contributed by atoms with E-state index >= 15 is 0 Å². The summed E-state index contributed by atoms with van der Waals surface area (Å²) in [7, 11) is -3.51. The highest BCUT2D eigenvalue weighted by atomic mass is 32.2. The van der Waals surface area contributed by atoms with Crippen LogP contribution < -0.4 is 10.0 Å². The molecule has 0 spiro atoms. The van der Waals surface area contributed by atoms with E-state index in [0.29, 0.717) is 23.9 Å². The number of aliphatic imine (C=N–C) groups is 1. The van der Waals surface area contributed by atoms with Crippen LogP contribution in [0.5, 0.6) is 0 Å². The van der Waals surface area contributed by atoms with E-state index in [2.05, 4.69) is 15.0 Å². The van der Waals surface area contributed by atoms with Gasteiger partial charge in [-0.2, -0.15) is 0 Å². The van der Waals surface area contributed by atoms with Gasteiger partial charge in [-0.25, -0.2) is 8.42 Å². The maximum Gasteiger partial charge on any atom is 0.263 e. The molecule has 0 saturated heterocycles. The Morgan fingerprint density at radius 3 is 2.76 bits per heavy atom. The maximum atomic E-state index is 11.9. The van der Waals surface area contributed by atoms with Crippen molar-refractivity contribution in [2.45, 2.75) is 25.2 Å². The summed E-state index contributed by atoms with van der Waals surface area (Å²) in [6.45, 7) is 4.91. The smallest absolute Gasteiger partial charge is 0.263 e. The lowest BCUT2D eigenvalue weighted by molar-refractivity contribution is -0.121. The van der Waals surface area contributed by atoms with Crippen molar-refractivity contribution in [1.29, 1.82) is 0 Å². The SMILES string of the molecule is CC(C)CNC(=O)CCN=C1NS(=O)(=O)c2ccccc21. The lowest BCUT2D eigenvalue weighted by Gasteiger charge is -2.06. The number of amides is 1. The van der Waals surface area contributed by atoms with Crippen LogP contribution in [0.1, 0.15) is 25.8 Å². The van der Waals surface area contributed by atoms with E-state index < -0.39 is 10.0 Å². The van der Waals surface area contributed by atoms with Crippen molar-refractivity contribution in [1.82, 2.24) is 10.0 Å². The van der Waals surface area contributed by atoms with Crippen molar-refractivity contribution in [3.63, 3.8) is 0 Å². The quantitative estimate of drug-likeness (QED) is 0.846. The van der Waals surface area contributed by atoms with E-state index in [4.69, 9.17) is 0 Å². The zero-order valence-corrected chi connectivity index (χ0v) is 12.9. The van der Waals surface area contributed by atoms with Gasteiger partial charge in [0.1, 0.15) is 5.84 Å². The number of fused-ring (bicyclic) bond motifs is 1. The minimum absolute atomic E-state index is 0.0813. The van der Waals surface area contributed by atoms with Gasteiger partial charge in [0.25, 0.3) is 10.0 Å². The molecule has 0 saturated carbocycles. The first-order chi connectivity index (χ1) is 9.90. The van der Waals surface area contributed by atoms with Crippen LogP contribution in [0.15, 0.2) is 34.2 Å². The fourth-order valence-corrected chi connectivity index (χ4v) is 3.18. The standard InChI is InChI=1S/C14H19N3O3S/c1-10(2)9-16-13(18)7-8-15-14-11-5-3-4-6-12(11)21(19,20)17-14/h3-6,10H,7-9H2,1-2H3,(H,15,17)(H,16,18). The van der Waals surface area contributed by atoms with Crippen LogP contribution in [0.2, 0.25) is 0 Å². The highest BCUT2D eigenvalue weighted by molar-refractivity contribution is 7.90. The predicted molar refractivity (Wildman–Crippen MR) is 80.6 cm³/mol. The first-order valence-electron chi connectivity index (χ1n) is 6.83. The number of amidine groups is 1. The number of hydrogen-bond acceptors (Lipinski definition) is 4. The molecular formula is C14H19N3O3S. The van der Waals surface area contributed by atoms with E-state index in [1.165, 1.54) is 6.07 Å². The van der Waals surface area contributed by atoms with Crippen LogP contribution in [0.4, 0.5) is 0 Å². The Morgan fingerprint density at radius 1 is 1.33 bits per heavy atom. The number of carbonyl (C=O) groups is 1. The Bertz CT molecular complexity index is 666. The third-order valence-corrected chi connectivity index (χ3v) is 4.38. The van der Waals surface area contributed by atoms with Crippen molar-refractivity contribution in [3.8, 4) is 0 Å². The summed E-state index contributed by atoms with van der Waals surface area (Å²) in [5, 5.41) is 2.80. The monoisotopic (exact) mass is 309 g/mol. The molecule has 1 aromatic carbocycles. The second-order valence-electron chi connectivity index (χ2n) is 5.28. The largest absolute Gasteiger partial charge is 0.356 e. The van der Waals surface area contributed by atoms with Gasteiger partial charge in [-0.15, -0.1) is 0 Å². The molecule has 2 rings (SSSR count). The molecule has 0 radical (unpaired) electrons. The predicted octanol–water partition coefficient (Wildman–Crippen LogP) is 0.887. The van der Waals surface area contributed by atoms with Crippen molar-refractivity contribution >= 4 is 21.8 Å². The van der Waals surface area contributed by atoms with E-state index in [1.807, 2.05) is 13.8 Å². The molecule has 0 unspecified atom stereocenters. The normalized spacial score (nSPS) is 17.6. The van der Waals surface area contributed by atoms with E-state index in [-0.39, 0.29) is 23.8 Å². The fourth-order valence-electron chi connectivity index (χ4n) is 1.93. The summed E-state index contributed by atoms with van der Waals surface area (Å²) in [6, 6.07) is 6.66. The maximum absolute atomic E-state index is 11.9. The lowest BCUT2D eigenvalue weighted by Crippen LogP contribution is -2.28. The summed E-state index contributed by atoms with van der Waals surface area (Å²) in [5.74, 6) is 0.623. The van der Waals surface area contributed by atoms with Crippen LogP contribution in [0.3, 0.4) is 0 Å². The van der Waals surface area contributed by atoms with Crippen molar-refractivity contribution in [2.75, 3.05) is 13.1 Å². The molecule has 2 N–H and O–H groups in total. The highest BCUT2D eigenvalue weighted by Gasteiger charge is 2.29. The van der Waals surface area contributed by atoms with E-state index in [1.54, 1.807) is 18.2 Å². The van der Waals surface area contributed by atoms with Gasteiger partial charge in [0.15, 0.2) is 0 Å². The molecule has 0 aromatic heterocycles. The van der Waals surface area contributed by atoms with Gasteiger partial charge in [-0.05, 0) is 18.1 Å². The Hall–Kier alpha value is -1.89. The third-order valence-electron chi connectivity index (χ3n) is 2.98. The molecule has 1 amide bonds. The molecule has 0 aliphatic carbocycles. The number of benzene rings is 1. The van der Waals surface area contributed by atoms with E-state index in [9.17, 15) is 13.2 Å². The molecule has 7 heteroatoms. The van der Waals surface area contributed by atoms with Gasteiger partial charge in [0.2, 0.25) is 5.91 Å². The van der Waals surface area contributed by atoms with Gasteiger partial charge in [-0.3, -0.25) is 14.5 Å². The molecule has 1 aliphatic rings. The van der Waals surface area contributed by atoms with Gasteiger partial charge in [0.05, 0.1) is 11.4 Å². The zero-order chi connectivity index (χ0) is 15.5. The van der Waals surface area contributed by atoms with Crippen molar-refractivity contribution in [2.24, 2.45) is 10.9 Å². The van der Waals surface area contributed by atoms with Crippen molar-refractivity contribution < 1.29 is 13.2 Å². The van der Waals surface area contributed by atoms with Crippen LogP contribution >= 0.6 is 0 Å². The Balaban J connectivity index is 1.99. The minimum Gasteiger partial charge on any atom is -0.356 e. The number of rotatable bonds is 5. The highest BCUT2D eigenvalue weighted by Crippen LogP contribution is 2.21. The van der Waals surface area contributed by atoms with Gasteiger partial charge >= 0.3 is 0 Å². The molecule has 0 atom stereocenters. The fraction of sp³-hybridized carbons (Fsp3) is 0.429. The Kier molecular flexibility index (Phi) is 4.62. The molecule has 114 valence electrons. The Morgan fingerprint density at radius 2 is 2.05 bits per heavy atom. The molecule has 1 aromatic rings. The second kappa shape index (κ2) is 6.26. The first-order valence-corrected chi connectivity index (χ1v) is 8.32. The van der Waals surface area contributed by atoms with Crippen LogP contribution in [0, 0.1) is 5.92 Å². The summed E-state index contributed by atoms with van der Waals surface area (Å²) >= 11 is 0. The summed E-state index contributed by atoms with van der Waals surface area (Å²) < 4.78 is 26.1. The minimum atomic E-state index is -3.51. The number of sulfonamides is 1. The molecule has 6 nitrogen and oxygen atoms in total. The summed E-state index contributed by atoms with van der Waals surface area (Å²) in [4.78, 5) is 16.0. The molecular weight excluding hydrogens is 290 g/mol. The molecule has 1 heterocycles. The van der Waals surface area contributed by atoms with Gasteiger partial charge in [-0.1, -0.05) is 26.0 Å². The number of nitrogens with one attached hydrogen (secondary N) is 2. The molecule has 21 heavy (non-hydrogen) atoms. The average Bonchev–Trinajstić information content (AvgIpc) is 2.69. The van der Waals surface area contributed by atoms with Crippen LogP contribution in [-0.4, -0.2) is 33.3 Å². The van der Waals surface area contributed by atoms with Crippen LogP contribution in [-0.2, 0) is 14.8 Å². The lowest BCUT2D eigenvalue weighted by atomic mass is 10.2. The van der Waals surface area contributed by atoms with Crippen LogP contribution in [0.25, 0.3) is 0 Å². The van der Waals surface area contributed by atoms with Crippen molar-refractivity contribution in [3.05, 3.63) is 29.8 Å². The third kappa shape index (κ3) is 3.81. The molecule has 0 fully saturated rings. The Labute approximate surface area is 124 Å². The molecule has 0 bridgehead atoms. The molecule has 1 aliphatic heterocycles. The summed E-state index contributed by atoms with van der Waals surface area (Å²) in [6.07, 6.45) is 0.236. The zero-order valence-electron chi connectivity index (χ0n) is 12.1. The van der Waals surface area contributed by atoms with Gasteiger partial charge in [0, 0.05) is 18.5 Å². The number of hydrogen-bond donors (Lipinski definition) is 2. The van der Waals surface area contributed by atoms with E-state index in [0.717, 1.165) is 0 Å². The second-order valence-corrected chi connectivity index (χ2v) is 6.93. The number of nitrogens with zero attached hydrogens (tertiary/aromatic N) is 1.